The molecule has 2 aromatic carbocycles. The molecule has 0 radical (unpaired) electrons. The molecule has 5 rings (SSSR count). The Balaban J connectivity index is 1.27. The highest BCUT2D eigenvalue weighted by Gasteiger charge is 2.39. The van der Waals surface area contributed by atoms with E-state index < -0.39 is 14.2 Å². The summed E-state index contributed by atoms with van der Waals surface area (Å²) in [7, 11) is -0.130. The Morgan fingerprint density at radius 3 is 2.53 bits per heavy atom. The molecule has 10 nitrogen and oxygen atoms in total. The molecule has 2 amide bonds. The van der Waals surface area contributed by atoms with Gasteiger partial charge in [0.2, 0.25) is 5.91 Å². The molecule has 3 aromatic heterocycles. The molecule has 238 valence electrons. The number of carbonyl (C=O) groups is 2. The third-order valence-electron chi connectivity index (χ3n) is 9.09. The molecule has 0 unspecified atom stereocenters. The third kappa shape index (κ3) is 7.04. The molecular weight excluding hydrogens is 583 g/mol. The van der Waals surface area contributed by atoms with E-state index in [4.69, 9.17) is 15.1 Å². The van der Waals surface area contributed by atoms with Crippen LogP contribution in [0.4, 0.5) is 5.69 Å². The van der Waals surface area contributed by atoms with Crippen molar-refractivity contribution in [2.75, 3.05) is 5.32 Å². The molecule has 0 aliphatic carbocycles. The Labute approximate surface area is 265 Å². The molecule has 0 fully saturated rings. The monoisotopic (exact) mass is 627 g/mol. The summed E-state index contributed by atoms with van der Waals surface area (Å²) in [5, 5.41) is 4.27. The Kier molecular flexibility index (Phi) is 9.04. The fourth-order valence-corrected chi connectivity index (χ4v) is 6.72. The molecule has 0 spiro atoms. The van der Waals surface area contributed by atoms with Crippen molar-refractivity contribution in [3.05, 3.63) is 78.3 Å². The van der Waals surface area contributed by atoms with Gasteiger partial charge in [0.25, 0.3) is 5.91 Å². The van der Waals surface area contributed by atoms with Gasteiger partial charge in [-0.25, -0.2) is 9.97 Å². The highest BCUT2D eigenvalue weighted by atomic mass is 28.4. The van der Waals surface area contributed by atoms with Gasteiger partial charge < -0.3 is 29.2 Å². The average Bonchev–Trinajstić information content (AvgIpc) is 3.67. The number of nitrogens with two attached hydrogens (primary N) is 1. The summed E-state index contributed by atoms with van der Waals surface area (Å²) in [5.74, 6) is 0.295. The van der Waals surface area contributed by atoms with Gasteiger partial charge in [0.1, 0.15) is 17.7 Å². The van der Waals surface area contributed by atoms with Gasteiger partial charge >= 0.3 is 0 Å². The fraction of sp³-hybridized carbons (Fsp3) is 0.412. The van der Waals surface area contributed by atoms with E-state index in [1.807, 2.05) is 48.0 Å². The SMILES string of the molecule is Cc1cn(CCC[C@@H](O[Si](C)(C)C(C)(C)C)n2cnc(C(N)=O)c2)c2cc(NC(=O)CCc3nc4ccccc4n3C)ccc12. The Morgan fingerprint density at radius 2 is 1.84 bits per heavy atom. The Bertz CT molecular complexity index is 1840. The zero-order valence-electron chi connectivity index (χ0n) is 27.4. The zero-order valence-corrected chi connectivity index (χ0v) is 28.4. The van der Waals surface area contributed by atoms with E-state index in [0.717, 1.165) is 52.8 Å². The lowest BCUT2D eigenvalue weighted by molar-refractivity contribution is -0.116. The Morgan fingerprint density at radius 1 is 1.09 bits per heavy atom. The maximum atomic E-state index is 12.9. The summed E-state index contributed by atoms with van der Waals surface area (Å²) in [6.45, 7) is 14.0. The van der Waals surface area contributed by atoms with Crippen LogP contribution in [0.15, 0.2) is 61.2 Å². The van der Waals surface area contributed by atoms with Gasteiger partial charge in [-0.2, -0.15) is 0 Å². The van der Waals surface area contributed by atoms with Crippen molar-refractivity contribution in [2.45, 2.75) is 84.3 Å². The second-order valence-corrected chi connectivity index (χ2v) is 18.2. The molecule has 3 heterocycles. The molecule has 5 aromatic rings. The molecule has 11 heteroatoms. The standard InChI is InChI=1S/C34H45N7O3Si/c1-23-20-40(18-10-13-32(44-45(6,7)34(2,3)4)41-21-27(33(35)43)36-22-41)29-19-24(14-15-25(23)29)37-31(42)17-16-30-38-26-11-8-9-12-28(26)39(30)5/h8-9,11-12,14-15,19-22,32H,10,13,16-18H2,1-7H3,(H2,35,43)(H,37,42)/t32-/m1/s1. The van der Waals surface area contributed by atoms with Gasteiger partial charge in [-0.15, -0.1) is 0 Å². The van der Waals surface area contributed by atoms with Gasteiger partial charge in [-0.1, -0.05) is 39.0 Å². The molecule has 1 atom stereocenters. The van der Waals surface area contributed by atoms with E-state index in [1.165, 1.54) is 5.56 Å². The number of nitrogens with one attached hydrogen (secondary N) is 1. The third-order valence-corrected chi connectivity index (χ3v) is 13.6. The van der Waals surface area contributed by atoms with Crippen LogP contribution in [-0.2, 0) is 29.2 Å². The number of carbonyl (C=O) groups excluding carboxylic acids is 2. The molecule has 0 bridgehead atoms. The molecule has 0 aliphatic rings. The average molecular weight is 628 g/mol. The first-order chi connectivity index (χ1) is 21.2. The van der Waals surface area contributed by atoms with Crippen LogP contribution in [0.1, 0.15) is 68.1 Å². The first kappa shape index (κ1) is 32.2. The summed E-state index contributed by atoms with van der Waals surface area (Å²) in [5.41, 5.74) is 10.7. The maximum absolute atomic E-state index is 12.9. The van der Waals surface area contributed by atoms with Crippen molar-refractivity contribution in [2.24, 2.45) is 12.8 Å². The number of aryl methyl sites for hydroxylation is 4. The lowest BCUT2D eigenvalue weighted by atomic mass is 10.1. The highest BCUT2D eigenvalue weighted by Crippen LogP contribution is 2.39. The van der Waals surface area contributed by atoms with Crippen molar-refractivity contribution in [3.63, 3.8) is 0 Å². The van der Waals surface area contributed by atoms with Gasteiger partial charge in [-0.05, 0) is 67.7 Å². The number of fused-ring (bicyclic) bond motifs is 2. The lowest BCUT2D eigenvalue weighted by Gasteiger charge is -2.39. The highest BCUT2D eigenvalue weighted by molar-refractivity contribution is 6.74. The van der Waals surface area contributed by atoms with E-state index in [-0.39, 0.29) is 22.9 Å². The molecule has 0 saturated heterocycles. The molecule has 0 aliphatic heterocycles. The number of hydrogen-bond acceptors (Lipinski definition) is 5. The van der Waals surface area contributed by atoms with Crippen LogP contribution >= 0.6 is 0 Å². The molecular formula is C34H45N7O3Si. The van der Waals surface area contributed by atoms with Gasteiger partial charge in [0.15, 0.2) is 8.32 Å². The summed E-state index contributed by atoms with van der Waals surface area (Å²) in [6.07, 6.45) is 7.69. The second-order valence-electron chi connectivity index (χ2n) is 13.4. The number of aromatic nitrogens is 5. The van der Waals surface area contributed by atoms with Crippen molar-refractivity contribution in [1.82, 2.24) is 23.7 Å². The van der Waals surface area contributed by atoms with E-state index in [2.05, 4.69) is 72.5 Å². The number of nitrogens with zero attached hydrogens (tertiary/aromatic N) is 5. The normalized spacial score (nSPS) is 13.0. The van der Waals surface area contributed by atoms with Crippen LogP contribution in [0.5, 0.6) is 0 Å². The van der Waals surface area contributed by atoms with Crippen LogP contribution < -0.4 is 11.1 Å². The lowest BCUT2D eigenvalue weighted by Crippen LogP contribution is -2.42. The number of amides is 2. The van der Waals surface area contributed by atoms with E-state index in [1.54, 1.807) is 12.5 Å². The van der Waals surface area contributed by atoms with Crippen LogP contribution in [0.25, 0.3) is 21.9 Å². The van der Waals surface area contributed by atoms with Gasteiger partial charge in [0.05, 0.1) is 22.9 Å². The number of hydrogen-bond donors (Lipinski definition) is 2. The van der Waals surface area contributed by atoms with E-state index in [9.17, 15) is 9.59 Å². The summed E-state index contributed by atoms with van der Waals surface area (Å²) >= 11 is 0. The topological polar surface area (TPSA) is 122 Å². The Hall–Kier alpha value is -4.22. The van der Waals surface area contributed by atoms with E-state index in [0.29, 0.717) is 12.8 Å². The largest absolute Gasteiger partial charge is 0.397 e. The quantitative estimate of drug-likeness (QED) is 0.149. The minimum absolute atomic E-state index is 0.0262. The van der Waals surface area contributed by atoms with Crippen LogP contribution in [0.2, 0.25) is 18.1 Å². The molecule has 3 N–H and O–H groups in total. The van der Waals surface area contributed by atoms with Crippen molar-refractivity contribution in [3.8, 4) is 0 Å². The summed E-state index contributed by atoms with van der Waals surface area (Å²) < 4.78 is 13.0. The number of primary amides is 1. The first-order valence-corrected chi connectivity index (χ1v) is 18.4. The minimum atomic E-state index is -2.12. The smallest absolute Gasteiger partial charge is 0.268 e. The van der Waals surface area contributed by atoms with Crippen molar-refractivity contribution < 1.29 is 14.0 Å². The van der Waals surface area contributed by atoms with E-state index >= 15 is 0 Å². The number of rotatable bonds is 12. The molecule has 45 heavy (non-hydrogen) atoms. The fourth-order valence-electron chi connectivity index (χ4n) is 5.45. The number of benzene rings is 2. The number of anilines is 1. The minimum Gasteiger partial charge on any atom is -0.397 e. The van der Waals surface area contributed by atoms with Crippen LogP contribution in [-0.4, -0.2) is 43.8 Å². The van der Waals surface area contributed by atoms with Gasteiger partial charge in [-0.3, -0.25) is 9.59 Å². The van der Waals surface area contributed by atoms with Crippen LogP contribution in [0, 0.1) is 6.92 Å². The van der Waals surface area contributed by atoms with Gasteiger partial charge in [0, 0.05) is 49.9 Å². The molecule has 0 saturated carbocycles. The van der Waals surface area contributed by atoms with Crippen molar-refractivity contribution in [1.29, 1.82) is 0 Å². The maximum Gasteiger partial charge on any atom is 0.268 e. The second kappa shape index (κ2) is 12.6. The van der Waals surface area contributed by atoms with Crippen molar-refractivity contribution >= 4 is 47.8 Å². The zero-order chi connectivity index (χ0) is 32.5. The first-order valence-electron chi connectivity index (χ1n) is 15.5. The van der Waals surface area contributed by atoms with Crippen LogP contribution in [0.3, 0.4) is 0 Å². The predicted molar refractivity (Wildman–Crippen MR) is 182 cm³/mol. The predicted octanol–water partition coefficient (Wildman–Crippen LogP) is 6.70. The number of imidazole rings is 2. The number of para-hydroxylation sites is 2. The summed E-state index contributed by atoms with van der Waals surface area (Å²) in [4.78, 5) is 33.6. The summed E-state index contributed by atoms with van der Waals surface area (Å²) in [6, 6.07) is 14.1.